The molecule has 0 atom stereocenters. The molecule has 4 heteroatoms. The molecule has 2 rings (SSSR count). The Morgan fingerprint density at radius 2 is 1.63 bits per heavy atom. The molecule has 2 aromatic carbocycles. The topological polar surface area (TPSA) is 29.3 Å². The lowest BCUT2D eigenvalue weighted by molar-refractivity contribution is 0.903. The number of halogens is 2. The van der Waals surface area contributed by atoms with E-state index in [9.17, 15) is 0 Å². The molecule has 0 saturated heterocycles. The van der Waals surface area contributed by atoms with Crippen molar-refractivity contribution in [2.24, 2.45) is 5.73 Å². The van der Waals surface area contributed by atoms with E-state index < -0.39 is 0 Å². The molecule has 0 bridgehead atoms. The summed E-state index contributed by atoms with van der Waals surface area (Å²) in [5, 5.41) is 0. The number of nitrogens with two attached hydrogens (primary N) is 1. The lowest BCUT2D eigenvalue weighted by Gasteiger charge is -2.22. The fraction of sp³-hybridized carbons (Fsp3) is 0.200. The Labute approximate surface area is 130 Å². The third-order valence-corrected chi connectivity index (χ3v) is 4.03. The zero-order valence-corrected chi connectivity index (χ0v) is 13.9. The zero-order chi connectivity index (χ0) is 13.8. The summed E-state index contributed by atoms with van der Waals surface area (Å²) in [4.78, 5) is 2.22. The SMILES string of the molecule is CN(Cc1ccc(Br)cc1)c1cc(Br)ccc1CN. The Morgan fingerprint density at radius 3 is 2.26 bits per heavy atom. The molecular weight excluding hydrogens is 368 g/mol. The second kappa shape index (κ2) is 6.55. The van der Waals surface area contributed by atoms with E-state index in [0.29, 0.717) is 6.54 Å². The average Bonchev–Trinajstić information content (AvgIpc) is 2.41. The maximum Gasteiger partial charge on any atom is 0.0426 e. The molecule has 0 aliphatic rings. The lowest BCUT2D eigenvalue weighted by atomic mass is 10.1. The van der Waals surface area contributed by atoms with Crippen molar-refractivity contribution in [3.05, 3.63) is 62.5 Å². The summed E-state index contributed by atoms with van der Waals surface area (Å²) in [6.45, 7) is 1.41. The number of nitrogens with zero attached hydrogens (tertiary/aromatic N) is 1. The largest absolute Gasteiger partial charge is 0.370 e. The molecule has 0 aliphatic carbocycles. The van der Waals surface area contributed by atoms with E-state index in [0.717, 1.165) is 21.1 Å². The third-order valence-electron chi connectivity index (χ3n) is 3.01. The fourth-order valence-electron chi connectivity index (χ4n) is 2.01. The van der Waals surface area contributed by atoms with Crippen molar-refractivity contribution in [3.8, 4) is 0 Å². The Kier molecular flexibility index (Phi) is 5.02. The Bertz CT molecular complexity index is 553. The van der Waals surface area contributed by atoms with E-state index in [1.807, 2.05) is 6.07 Å². The molecule has 100 valence electrons. The molecule has 2 aromatic rings. The van der Waals surface area contributed by atoms with E-state index in [4.69, 9.17) is 5.73 Å². The molecule has 0 aliphatic heterocycles. The molecule has 0 amide bonds. The van der Waals surface area contributed by atoms with E-state index >= 15 is 0 Å². The van der Waals surface area contributed by atoms with Crippen LogP contribution in [-0.2, 0) is 13.1 Å². The van der Waals surface area contributed by atoms with Crippen LogP contribution in [0.25, 0.3) is 0 Å². The van der Waals surface area contributed by atoms with E-state index in [2.05, 4.69) is 80.2 Å². The van der Waals surface area contributed by atoms with Crippen LogP contribution >= 0.6 is 31.9 Å². The summed E-state index contributed by atoms with van der Waals surface area (Å²) >= 11 is 6.97. The first kappa shape index (κ1) is 14.6. The number of anilines is 1. The molecule has 0 saturated carbocycles. The molecule has 0 fully saturated rings. The van der Waals surface area contributed by atoms with Crippen molar-refractivity contribution in [2.45, 2.75) is 13.1 Å². The van der Waals surface area contributed by atoms with Crippen LogP contribution in [-0.4, -0.2) is 7.05 Å². The summed E-state index contributed by atoms with van der Waals surface area (Å²) in [6.07, 6.45) is 0. The Morgan fingerprint density at radius 1 is 1.00 bits per heavy atom. The minimum Gasteiger partial charge on any atom is -0.370 e. The van der Waals surface area contributed by atoms with Crippen LogP contribution in [0.5, 0.6) is 0 Å². The molecule has 0 unspecified atom stereocenters. The van der Waals surface area contributed by atoms with Gasteiger partial charge in [0, 0.05) is 34.8 Å². The lowest BCUT2D eigenvalue weighted by Crippen LogP contribution is -2.18. The predicted octanol–water partition coefficient (Wildman–Crippen LogP) is 4.31. The van der Waals surface area contributed by atoms with Crippen molar-refractivity contribution in [1.29, 1.82) is 0 Å². The minimum absolute atomic E-state index is 0.549. The van der Waals surface area contributed by atoms with Crippen molar-refractivity contribution < 1.29 is 0 Å². The summed E-state index contributed by atoms with van der Waals surface area (Å²) in [7, 11) is 2.09. The maximum absolute atomic E-state index is 5.80. The van der Waals surface area contributed by atoms with Crippen LogP contribution < -0.4 is 10.6 Å². The molecule has 0 heterocycles. The van der Waals surface area contributed by atoms with Gasteiger partial charge in [0.1, 0.15) is 0 Å². The molecule has 0 spiro atoms. The van der Waals surface area contributed by atoms with Gasteiger partial charge in [-0.05, 0) is 35.4 Å². The van der Waals surface area contributed by atoms with E-state index in [1.54, 1.807) is 0 Å². The first-order valence-electron chi connectivity index (χ1n) is 6.04. The molecule has 0 radical (unpaired) electrons. The van der Waals surface area contributed by atoms with E-state index in [1.165, 1.54) is 11.3 Å². The van der Waals surface area contributed by atoms with Crippen molar-refractivity contribution >= 4 is 37.5 Å². The second-order valence-corrected chi connectivity index (χ2v) is 6.29. The van der Waals surface area contributed by atoms with Crippen molar-refractivity contribution in [2.75, 3.05) is 11.9 Å². The van der Waals surface area contributed by atoms with Crippen LogP contribution in [0.3, 0.4) is 0 Å². The van der Waals surface area contributed by atoms with Gasteiger partial charge in [-0.1, -0.05) is 50.1 Å². The standard InChI is InChI=1S/C15H16Br2N2/c1-19(10-11-2-5-13(16)6-3-11)15-8-14(17)7-4-12(15)9-18/h2-8H,9-10,18H2,1H3. The van der Waals surface area contributed by atoms with Gasteiger partial charge in [-0.15, -0.1) is 0 Å². The Hall–Kier alpha value is -0.840. The quantitative estimate of drug-likeness (QED) is 0.852. The van der Waals surface area contributed by atoms with Gasteiger partial charge in [-0.25, -0.2) is 0 Å². The first-order valence-corrected chi connectivity index (χ1v) is 7.63. The minimum atomic E-state index is 0.549. The van der Waals surface area contributed by atoms with Crippen LogP contribution in [0.4, 0.5) is 5.69 Å². The summed E-state index contributed by atoms with van der Waals surface area (Å²) in [5.41, 5.74) is 9.40. The highest BCUT2D eigenvalue weighted by atomic mass is 79.9. The first-order chi connectivity index (χ1) is 9.10. The van der Waals surface area contributed by atoms with Gasteiger partial charge in [0.05, 0.1) is 0 Å². The molecule has 2 N–H and O–H groups in total. The van der Waals surface area contributed by atoms with Crippen LogP contribution in [0.15, 0.2) is 51.4 Å². The Balaban J connectivity index is 2.21. The second-order valence-electron chi connectivity index (χ2n) is 4.46. The van der Waals surface area contributed by atoms with Crippen LogP contribution in [0.2, 0.25) is 0 Å². The molecular formula is C15H16Br2N2. The predicted molar refractivity (Wildman–Crippen MR) is 88.3 cm³/mol. The number of rotatable bonds is 4. The molecule has 2 nitrogen and oxygen atoms in total. The van der Waals surface area contributed by atoms with Gasteiger partial charge in [-0.2, -0.15) is 0 Å². The number of hydrogen-bond acceptors (Lipinski definition) is 2. The van der Waals surface area contributed by atoms with Gasteiger partial charge >= 0.3 is 0 Å². The summed E-state index contributed by atoms with van der Waals surface area (Å²) in [5.74, 6) is 0. The van der Waals surface area contributed by atoms with Gasteiger partial charge < -0.3 is 10.6 Å². The van der Waals surface area contributed by atoms with Gasteiger partial charge in [-0.3, -0.25) is 0 Å². The molecule has 19 heavy (non-hydrogen) atoms. The van der Waals surface area contributed by atoms with Crippen molar-refractivity contribution in [1.82, 2.24) is 0 Å². The van der Waals surface area contributed by atoms with Gasteiger partial charge in [0.2, 0.25) is 0 Å². The smallest absolute Gasteiger partial charge is 0.0426 e. The highest BCUT2D eigenvalue weighted by Gasteiger charge is 2.08. The van der Waals surface area contributed by atoms with Crippen LogP contribution in [0.1, 0.15) is 11.1 Å². The zero-order valence-electron chi connectivity index (χ0n) is 10.7. The fourth-order valence-corrected chi connectivity index (χ4v) is 2.63. The van der Waals surface area contributed by atoms with Crippen LogP contribution in [0, 0.1) is 0 Å². The van der Waals surface area contributed by atoms with Gasteiger partial charge in [0.25, 0.3) is 0 Å². The summed E-state index contributed by atoms with van der Waals surface area (Å²) in [6, 6.07) is 14.6. The van der Waals surface area contributed by atoms with Crippen molar-refractivity contribution in [3.63, 3.8) is 0 Å². The monoisotopic (exact) mass is 382 g/mol. The molecule has 0 aromatic heterocycles. The maximum atomic E-state index is 5.80. The summed E-state index contributed by atoms with van der Waals surface area (Å²) < 4.78 is 2.17. The highest BCUT2D eigenvalue weighted by Crippen LogP contribution is 2.25. The third kappa shape index (κ3) is 3.81. The average molecular weight is 384 g/mol. The highest BCUT2D eigenvalue weighted by molar-refractivity contribution is 9.10. The van der Waals surface area contributed by atoms with Gasteiger partial charge in [0.15, 0.2) is 0 Å². The number of benzene rings is 2. The van der Waals surface area contributed by atoms with E-state index in [-0.39, 0.29) is 0 Å². The number of hydrogen-bond donors (Lipinski definition) is 1. The normalized spacial score (nSPS) is 10.5.